The van der Waals surface area contributed by atoms with Gasteiger partial charge in [-0.3, -0.25) is 4.79 Å². The van der Waals surface area contributed by atoms with E-state index in [2.05, 4.69) is 10.4 Å². The molecule has 0 unspecified atom stereocenters. The summed E-state index contributed by atoms with van der Waals surface area (Å²) in [5.74, 6) is 0.338. The van der Waals surface area contributed by atoms with Gasteiger partial charge in [0.15, 0.2) is 6.61 Å². The Bertz CT molecular complexity index is 1030. The van der Waals surface area contributed by atoms with Crippen molar-refractivity contribution in [2.45, 2.75) is 18.8 Å². The molecule has 0 saturated heterocycles. The van der Waals surface area contributed by atoms with Crippen LogP contribution in [-0.4, -0.2) is 35.4 Å². The molecular weight excluding hydrogens is 370 g/mol. The minimum Gasteiger partial charge on any atom is -0.496 e. The molecule has 2 aromatic carbocycles. The molecule has 1 N–H and O–H groups in total. The molecule has 4 rings (SSSR count). The summed E-state index contributed by atoms with van der Waals surface area (Å²) < 4.78 is 12.0. The van der Waals surface area contributed by atoms with E-state index in [4.69, 9.17) is 9.47 Å². The van der Waals surface area contributed by atoms with Crippen LogP contribution in [0.25, 0.3) is 5.69 Å². The van der Waals surface area contributed by atoms with Crippen molar-refractivity contribution < 1.29 is 19.1 Å². The number of carbonyl (C=O) groups excluding carboxylic acids is 2. The zero-order valence-electron chi connectivity index (χ0n) is 16.0. The Morgan fingerprint density at radius 2 is 1.83 bits per heavy atom. The molecule has 1 heterocycles. The number of hydrogen-bond donors (Lipinski definition) is 1. The molecule has 1 saturated carbocycles. The third-order valence-electron chi connectivity index (χ3n) is 4.65. The number of benzene rings is 2. The summed E-state index contributed by atoms with van der Waals surface area (Å²) in [7, 11) is 1.47. The van der Waals surface area contributed by atoms with Crippen molar-refractivity contribution in [3.05, 3.63) is 71.9 Å². The van der Waals surface area contributed by atoms with Gasteiger partial charge in [0.05, 0.1) is 18.5 Å². The minimum absolute atomic E-state index is 0.271. The van der Waals surface area contributed by atoms with E-state index in [0.717, 1.165) is 24.2 Å². The number of esters is 1. The third kappa shape index (κ3) is 4.29. The van der Waals surface area contributed by atoms with Crippen LogP contribution in [0.3, 0.4) is 0 Å². The predicted octanol–water partition coefficient (Wildman–Crippen LogP) is 3.55. The molecular formula is C22H21N3O4. The van der Waals surface area contributed by atoms with Gasteiger partial charge in [-0.25, -0.2) is 9.48 Å². The molecule has 1 fully saturated rings. The van der Waals surface area contributed by atoms with Crippen LogP contribution in [0.2, 0.25) is 0 Å². The van der Waals surface area contributed by atoms with Gasteiger partial charge in [0, 0.05) is 12.0 Å². The third-order valence-corrected chi connectivity index (χ3v) is 4.65. The monoisotopic (exact) mass is 391 g/mol. The van der Waals surface area contributed by atoms with E-state index in [-0.39, 0.29) is 5.56 Å². The molecule has 1 amide bonds. The molecule has 1 aromatic heterocycles. The lowest BCUT2D eigenvalue weighted by Crippen LogP contribution is -2.22. The van der Waals surface area contributed by atoms with Crippen LogP contribution in [0, 0.1) is 0 Å². The Hall–Kier alpha value is -3.61. The van der Waals surface area contributed by atoms with Gasteiger partial charge in [0.1, 0.15) is 17.1 Å². The first-order valence-electron chi connectivity index (χ1n) is 9.41. The number of nitrogens with one attached hydrogen (secondary N) is 1. The number of nitrogens with zero attached hydrogens (tertiary/aromatic N) is 2. The van der Waals surface area contributed by atoms with Crippen molar-refractivity contribution in [1.82, 2.24) is 9.78 Å². The molecule has 7 heteroatoms. The highest BCUT2D eigenvalue weighted by Gasteiger charge is 2.28. The van der Waals surface area contributed by atoms with Gasteiger partial charge in [-0.05, 0) is 37.1 Å². The van der Waals surface area contributed by atoms with E-state index in [9.17, 15) is 9.59 Å². The molecule has 0 atom stereocenters. The zero-order valence-corrected chi connectivity index (χ0v) is 16.0. The number of para-hydroxylation sites is 2. The van der Waals surface area contributed by atoms with Crippen molar-refractivity contribution in [1.29, 1.82) is 0 Å². The van der Waals surface area contributed by atoms with Crippen LogP contribution < -0.4 is 10.1 Å². The quantitative estimate of drug-likeness (QED) is 0.623. The SMILES string of the molecule is COc1ccccc1C(=O)OCC(=O)Nc1cc(C2CC2)nn1-c1ccccc1. The summed E-state index contributed by atoms with van der Waals surface area (Å²) in [5, 5.41) is 7.44. The fourth-order valence-corrected chi connectivity index (χ4v) is 3.03. The Morgan fingerprint density at radius 3 is 2.55 bits per heavy atom. The number of aromatic nitrogens is 2. The highest BCUT2D eigenvalue weighted by molar-refractivity contribution is 5.96. The van der Waals surface area contributed by atoms with Crippen molar-refractivity contribution in [3.63, 3.8) is 0 Å². The van der Waals surface area contributed by atoms with Crippen LogP contribution in [0.5, 0.6) is 5.75 Å². The number of amides is 1. The molecule has 148 valence electrons. The van der Waals surface area contributed by atoms with E-state index >= 15 is 0 Å². The second-order valence-electron chi connectivity index (χ2n) is 6.80. The molecule has 1 aliphatic rings. The van der Waals surface area contributed by atoms with Crippen LogP contribution in [0.4, 0.5) is 5.82 Å². The molecule has 0 bridgehead atoms. The van der Waals surface area contributed by atoms with Crippen LogP contribution in [0.15, 0.2) is 60.7 Å². The Kier molecular flexibility index (Phi) is 5.29. The molecule has 1 aliphatic carbocycles. The number of ether oxygens (including phenoxy) is 2. The summed E-state index contributed by atoms with van der Waals surface area (Å²) in [5.41, 5.74) is 2.07. The number of anilines is 1. The largest absolute Gasteiger partial charge is 0.496 e. The fraction of sp³-hybridized carbons (Fsp3) is 0.227. The Labute approximate surface area is 168 Å². The van der Waals surface area contributed by atoms with Crippen LogP contribution in [0.1, 0.15) is 34.8 Å². The van der Waals surface area contributed by atoms with Gasteiger partial charge in [0.2, 0.25) is 0 Å². The number of rotatable bonds is 7. The maximum absolute atomic E-state index is 12.4. The molecule has 0 radical (unpaired) electrons. The standard InChI is InChI=1S/C22H21N3O4/c1-28-19-10-6-5-9-17(19)22(27)29-14-21(26)23-20-13-18(15-11-12-15)24-25(20)16-7-3-2-4-8-16/h2-10,13,15H,11-12,14H2,1H3,(H,23,26). The summed E-state index contributed by atoms with van der Waals surface area (Å²) >= 11 is 0. The molecule has 29 heavy (non-hydrogen) atoms. The maximum atomic E-state index is 12.4. The fourth-order valence-electron chi connectivity index (χ4n) is 3.03. The molecule has 0 aliphatic heterocycles. The second kappa shape index (κ2) is 8.18. The second-order valence-corrected chi connectivity index (χ2v) is 6.80. The normalized spacial score (nSPS) is 13.0. The first kappa shape index (κ1) is 18.7. The van der Waals surface area contributed by atoms with Gasteiger partial charge in [0.25, 0.3) is 5.91 Å². The Morgan fingerprint density at radius 1 is 1.10 bits per heavy atom. The lowest BCUT2D eigenvalue weighted by molar-refractivity contribution is -0.119. The maximum Gasteiger partial charge on any atom is 0.342 e. The van der Waals surface area contributed by atoms with Crippen molar-refractivity contribution in [2.75, 3.05) is 19.0 Å². The first-order chi connectivity index (χ1) is 14.2. The van der Waals surface area contributed by atoms with Crippen LogP contribution in [-0.2, 0) is 9.53 Å². The van der Waals surface area contributed by atoms with E-state index in [1.54, 1.807) is 28.9 Å². The summed E-state index contributed by atoms with van der Waals surface area (Å²) in [6.45, 7) is -0.407. The number of carbonyl (C=O) groups is 2. The lowest BCUT2D eigenvalue weighted by Gasteiger charge is -2.10. The van der Waals surface area contributed by atoms with Gasteiger partial charge in [-0.1, -0.05) is 30.3 Å². The van der Waals surface area contributed by atoms with E-state index in [0.29, 0.717) is 17.5 Å². The summed E-state index contributed by atoms with van der Waals surface area (Å²) in [6.07, 6.45) is 2.21. The smallest absolute Gasteiger partial charge is 0.342 e. The summed E-state index contributed by atoms with van der Waals surface area (Å²) in [4.78, 5) is 24.7. The zero-order chi connectivity index (χ0) is 20.2. The molecule has 0 spiro atoms. The van der Waals surface area contributed by atoms with E-state index in [1.165, 1.54) is 7.11 Å². The number of hydrogen-bond acceptors (Lipinski definition) is 5. The molecule has 3 aromatic rings. The van der Waals surface area contributed by atoms with Gasteiger partial charge in [-0.15, -0.1) is 0 Å². The average molecular weight is 391 g/mol. The van der Waals surface area contributed by atoms with E-state index < -0.39 is 18.5 Å². The molecule has 7 nitrogen and oxygen atoms in total. The van der Waals surface area contributed by atoms with Gasteiger partial charge < -0.3 is 14.8 Å². The van der Waals surface area contributed by atoms with Gasteiger partial charge >= 0.3 is 5.97 Å². The van der Waals surface area contributed by atoms with Gasteiger partial charge in [-0.2, -0.15) is 5.10 Å². The minimum atomic E-state index is -0.618. The summed E-state index contributed by atoms with van der Waals surface area (Å²) in [6, 6.07) is 18.2. The number of methoxy groups -OCH3 is 1. The van der Waals surface area contributed by atoms with E-state index in [1.807, 2.05) is 36.4 Å². The van der Waals surface area contributed by atoms with Crippen LogP contribution >= 0.6 is 0 Å². The van der Waals surface area contributed by atoms with Crippen molar-refractivity contribution in [3.8, 4) is 11.4 Å². The predicted molar refractivity (Wildman–Crippen MR) is 107 cm³/mol. The van der Waals surface area contributed by atoms with Crippen molar-refractivity contribution >= 4 is 17.7 Å². The highest BCUT2D eigenvalue weighted by Crippen LogP contribution is 2.40. The first-order valence-corrected chi connectivity index (χ1v) is 9.41. The topological polar surface area (TPSA) is 82.4 Å². The lowest BCUT2D eigenvalue weighted by atomic mass is 10.2. The average Bonchev–Trinajstić information content (AvgIpc) is 3.53. The van der Waals surface area contributed by atoms with Crippen molar-refractivity contribution in [2.24, 2.45) is 0 Å². The Balaban J connectivity index is 1.45. The highest BCUT2D eigenvalue weighted by atomic mass is 16.5.